The molecule has 2 aromatic rings. The van der Waals surface area contributed by atoms with Crippen molar-refractivity contribution in [2.45, 2.75) is 45.4 Å². The van der Waals surface area contributed by atoms with Crippen LogP contribution in [0.5, 0.6) is 0 Å². The predicted molar refractivity (Wildman–Crippen MR) is 78.7 cm³/mol. The Kier molecular flexibility index (Phi) is 4.27. The minimum absolute atomic E-state index is 0.408. The van der Waals surface area contributed by atoms with Crippen LogP contribution in [-0.2, 0) is 0 Å². The number of fused-ring (bicyclic) bond motifs is 1. The molecule has 0 spiro atoms. The second-order valence-electron chi connectivity index (χ2n) is 4.67. The van der Waals surface area contributed by atoms with Crippen LogP contribution in [0.2, 0.25) is 0 Å². The third kappa shape index (κ3) is 2.69. The number of hydrogen-bond donors (Lipinski definition) is 1. The molecule has 0 radical (unpaired) electrons. The number of aromatic nitrogens is 1. The van der Waals surface area contributed by atoms with Crippen LogP contribution < -0.4 is 5.73 Å². The zero-order chi connectivity index (χ0) is 13.1. The summed E-state index contributed by atoms with van der Waals surface area (Å²) >= 11 is 3.43. The van der Waals surface area contributed by atoms with Crippen LogP contribution >= 0.6 is 15.9 Å². The van der Waals surface area contributed by atoms with Gasteiger partial charge in [-0.1, -0.05) is 42.6 Å². The van der Waals surface area contributed by atoms with E-state index in [0.717, 1.165) is 41.6 Å². The molecule has 0 atom stereocenters. The van der Waals surface area contributed by atoms with Gasteiger partial charge in [0.05, 0.1) is 5.69 Å². The molecule has 4 heteroatoms. The second kappa shape index (κ2) is 5.74. The highest BCUT2D eigenvalue weighted by atomic mass is 79.9. The number of rotatable bonds is 5. The maximum Gasteiger partial charge on any atom is 0.198 e. The first-order valence-corrected chi connectivity index (χ1v) is 7.30. The van der Waals surface area contributed by atoms with Crippen molar-refractivity contribution < 1.29 is 4.42 Å². The number of nitrogens with two attached hydrogens (primary N) is 1. The molecule has 0 aliphatic carbocycles. The summed E-state index contributed by atoms with van der Waals surface area (Å²) in [6.07, 6.45) is 4.51. The van der Waals surface area contributed by atoms with Crippen LogP contribution in [0.4, 0.5) is 5.69 Å². The maximum atomic E-state index is 5.95. The molecule has 1 aromatic carbocycles. The van der Waals surface area contributed by atoms with Gasteiger partial charge < -0.3 is 10.2 Å². The molecular formula is C14H19BrN2O. The summed E-state index contributed by atoms with van der Waals surface area (Å²) < 4.78 is 6.80. The van der Waals surface area contributed by atoms with Gasteiger partial charge in [0.2, 0.25) is 0 Å². The van der Waals surface area contributed by atoms with Crippen LogP contribution in [0, 0.1) is 0 Å². The Bertz CT molecular complexity index is 530. The lowest BCUT2D eigenvalue weighted by molar-refractivity contribution is 0.428. The largest absolute Gasteiger partial charge is 0.438 e. The molecule has 0 bridgehead atoms. The van der Waals surface area contributed by atoms with Gasteiger partial charge >= 0.3 is 0 Å². The summed E-state index contributed by atoms with van der Waals surface area (Å²) in [5.41, 5.74) is 8.15. The monoisotopic (exact) mass is 310 g/mol. The molecule has 1 heterocycles. The lowest BCUT2D eigenvalue weighted by Gasteiger charge is -2.09. The van der Waals surface area contributed by atoms with E-state index in [1.807, 2.05) is 12.1 Å². The lowest BCUT2D eigenvalue weighted by Crippen LogP contribution is -1.98. The van der Waals surface area contributed by atoms with Gasteiger partial charge in [0.1, 0.15) is 5.52 Å². The number of nitrogens with zero attached hydrogens (tertiary/aromatic N) is 1. The van der Waals surface area contributed by atoms with E-state index < -0.39 is 0 Å². The Morgan fingerprint density at radius 2 is 1.94 bits per heavy atom. The van der Waals surface area contributed by atoms with E-state index in [2.05, 4.69) is 34.8 Å². The fourth-order valence-electron chi connectivity index (χ4n) is 2.30. The molecule has 0 saturated carbocycles. The van der Waals surface area contributed by atoms with Crippen LogP contribution in [0.1, 0.15) is 51.3 Å². The SMILES string of the molecule is CCCC(CCC)c1nc2cc(Br)cc(N)c2o1. The van der Waals surface area contributed by atoms with E-state index in [1.165, 1.54) is 0 Å². The Morgan fingerprint density at radius 3 is 2.56 bits per heavy atom. The molecule has 18 heavy (non-hydrogen) atoms. The van der Waals surface area contributed by atoms with Crippen molar-refractivity contribution in [3.8, 4) is 0 Å². The number of benzene rings is 1. The molecule has 2 N–H and O–H groups in total. The van der Waals surface area contributed by atoms with Crippen LogP contribution in [0.25, 0.3) is 11.1 Å². The summed E-state index contributed by atoms with van der Waals surface area (Å²) in [5, 5.41) is 0. The van der Waals surface area contributed by atoms with Crippen LogP contribution in [0.3, 0.4) is 0 Å². The topological polar surface area (TPSA) is 52.0 Å². The molecule has 0 unspecified atom stereocenters. The van der Waals surface area contributed by atoms with E-state index in [9.17, 15) is 0 Å². The van der Waals surface area contributed by atoms with E-state index in [1.54, 1.807) is 0 Å². The number of nitrogen functional groups attached to an aromatic ring is 1. The molecule has 0 amide bonds. The lowest BCUT2D eigenvalue weighted by atomic mass is 9.98. The van der Waals surface area contributed by atoms with Crippen molar-refractivity contribution in [2.24, 2.45) is 0 Å². The van der Waals surface area contributed by atoms with Crippen LogP contribution in [0.15, 0.2) is 21.0 Å². The quantitative estimate of drug-likeness (QED) is 0.803. The molecular weight excluding hydrogens is 292 g/mol. The molecule has 98 valence electrons. The summed E-state index contributed by atoms with van der Waals surface area (Å²) in [6.45, 7) is 4.38. The zero-order valence-electron chi connectivity index (χ0n) is 10.9. The molecule has 0 aliphatic rings. The maximum absolute atomic E-state index is 5.95. The highest BCUT2D eigenvalue weighted by Gasteiger charge is 2.18. The smallest absolute Gasteiger partial charge is 0.198 e. The average molecular weight is 311 g/mol. The Hall–Kier alpha value is -1.03. The second-order valence-corrected chi connectivity index (χ2v) is 5.59. The van der Waals surface area contributed by atoms with Crippen molar-refractivity contribution in [3.63, 3.8) is 0 Å². The molecule has 0 fully saturated rings. The molecule has 0 aliphatic heterocycles. The Labute approximate surface area is 116 Å². The summed E-state index contributed by atoms with van der Waals surface area (Å²) in [4.78, 5) is 4.60. The van der Waals surface area contributed by atoms with E-state index in [4.69, 9.17) is 10.2 Å². The fraction of sp³-hybridized carbons (Fsp3) is 0.500. The minimum atomic E-state index is 0.408. The van der Waals surface area contributed by atoms with E-state index >= 15 is 0 Å². The third-order valence-electron chi connectivity index (χ3n) is 3.12. The number of halogens is 1. The van der Waals surface area contributed by atoms with Gasteiger partial charge in [-0.15, -0.1) is 0 Å². The van der Waals surface area contributed by atoms with Gasteiger partial charge in [0.15, 0.2) is 11.5 Å². The van der Waals surface area contributed by atoms with Gasteiger partial charge in [-0.05, 0) is 25.0 Å². The summed E-state index contributed by atoms with van der Waals surface area (Å²) in [6, 6.07) is 3.81. The normalized spacial score (nSPS) is 11.6. The van der Waals surface area contributed by atoms with Gasteiger partial charge in [0, 0.05) is 10.4 Å². The van der Waals surface area contributed by atoms with Crippen molar-refractivity contribution in [2.75, 3.05) is 5.73 Å². The first-order valence-electron chi connectivity index (χ1n) is 6.51. The molecule has 1 aromatic heterocycles. The van der Waals surface area contributed by atoms with E-state index in [0.29, 0.717) is 17.2 Å². The summed E-state index contributed by atoms with van der Waals surface area (Å²) in [5.74, 6) is 1.24. The van der Waals surface area contributed by atoms with Crippen molar-refractivity contribution in [1.29, 1.82) is 0 Å². The van der Waals surface area contributed by atoms with E-state index in [-0.39, 0.29) is 0 Å². The van der Waals surface area contributed by atoms with Crippen molar-refractivity contribution >= 4 is 32.7 Å². The number of anilines is 1. The first kappa shape index (κ1) is 13.4. The fourth-order valence-corrected chi connectivity index (χ4v) is 2.77. The van der Waals surface area contributed by atoms with Crippen LogP contribution in [-0.4, -0.2) is 4.98 Å². The number of hydrogen-bond acceptors (Lipinski definition) is 3. The van der Waals surface area contributed by atoms with Gasteiger partial charge in [-0.3, -0.25) is 0 Å². The molecule has 2 rings (SSSR count). The third-order valence-corrected chi connectivity index (χ3v) is 3.58. The van der Waals surface area contributed by atoms with Gasteiger partial charge in [-0.25, -0.2) is 4.98 Å². The first-order chi connectivity index (χ1) is 8.65. The highest BCUT2D eigenvalue weighted by molar-refractivity contribution is 9.10. The summed E-state index contributed by atoms with van der Waals surface area (Å²) in [7, 11) is 0. The van der Waals surface area contributed by atoms with Gasteiger partial charge in [0.25, 0.3) is 0 Å². The Balaban J connectivity index is 2.41. The average Bonchev–Trinajstić information content (AvgIpc) is 2.72. The minimum Gasteiger partial charge on any atom is -0.438 e. The Morgan fingerprint density at radius 1 is 1.28 bits per heavy atom. The molecule has 3 nitrogen and oxygen atoms in total. The highest BCUT2D eigenvalue weighted by Crippen LogP contribution is 2.32. The zero-order valence-corrected chi connectivity index (χ0v) is 12.5. The van der Waals surface area contributed by atoms with Gasteiger partial charge in [-0.2, -0.15) is 0 Å². The standard InChI is InChI=1S/C14H19BrN2O/c1-3-5-9(6-4-2)14-17-12-8-10(15)7-11(16)13(12)18-14/h7-9H,3-6,16H2,1-2H3. The number of oxazole rings is 1. The molecule has 0 saturated heterocycles. The predicted octanol–water partition coefficient (Wildman–Crippen LogP) is 4.86. The van der Waals surface area contributed by atoms with Crippen molar-refractivity contribution in [3.05, 3.63) is 22.5 Å². The van der Waals surface area contributed by atoms with Crippen molar-refractivity contribution in [1.82, 2.24) is 4.98 Å².